The van der Waals surface area contributed by atoms with Crippen LogP contribution in [0.2, 0.25) is 0 Å². The average molecular weight is 231 g/mol. The van der Waals surface area contributed by atoms with Gasteiger partial charge in [0.15, 0.2) is 0 Å². The molecule has 0 aliphatic carbocycles. The normalized spacial score (nSPS) is 9.71. The van der Waals surface area contributed by atoms with Crippen LogP contribution in [0.3, 0.4) is 0 Å². The number of aliphatic carboxylic acids is 1. The number of carboxylic acid groups (broad SMARTS) is 1. The topological polar surface area (TPSA) is 40.5 Å². The van der Waals surface area contributed by atoms with Gasteiger partial charge in [0, 0.05) is 12.2 Å². The van der Waals surface area contributed by atoms with Gasteiger partial charge in [0.1, 0.15) is 0 Å². The zero-order valence-electron chi connectivity index (χ0n) is 10.2. The van der Waals surface area contributed by atoms with E-state index in [1.54, 1.807) is 0 Å². The van der Waals surface area contributed by atoms with Crippen molar-refractivity contribution in [3.8, 4) is 12.3 Å². The molecule has 0 amide bonds. The molecule has 0 radical (unpaired) electrons. The highest BCUT2D eigenvalue weighted by molar-refractivity contribution is 5.68. The van der Waals surface area contributed by atoms with Crippen molar-refractivity contribution in [1.29, 1.82) is 0 Å². The molecule has 0 aliphatic heterocycles. The molecule has 17 heavy (non-hydrogen) atoms. The number of benzene rings is 1. The second-order valence-electron chi connectivity index (χ2n) is 4.06. The van der Waals surface area contributed by atoms with Crippen LogP contribution in [0.15, 0.2) is 18.2 Å². The summed E-state index contributed by atoms with van der Waals surface area (Å²) in [5, 5.41) is 8.71. The first-order valence-corrected chi connectivity index (χ1v) is 5.52. The van der Waals surface area contributed by atoms with E-state index in [0.717, 1.165) is 11.3 Å². The van der Waals surface area contributed by atoms with Crippen LogP contribution in [0.4, 0.5) is 5.69 Å². The van der Waals surface area contributed by atoms with E-state index in [1.165, 1.54) is 5.56 Å². The van der Waals surface area contributed by atoms with Crippen molar-refractivity contribution >= 4 is 11.7 Å². The standard InChI is InChI=1S/C14H17NO2/c1-4-8-15(9-7-14(16)17)13-6-5-11(2)10-12(13)3/h1,5-6,10H,7-9H2,2-3H3,(H,16,17). The van der Waals surface area contributed by atoms with Gasteiger partial charge >= 0.3 is 5.97 Å². The monoisotopic (exact) mass is 231 g/mol. The highest BCUT2D eigenvalue weighted by Crippen LogP contribution is 2.21. The zero-order chi connectivity index (χ0) is 12.8. The Morgan fingerprint density at radius 1 is 1.47 bits per heavy atom. The van der Waals surface area contributed by atoms with Crippen LogP contribution < -0.4 is 4.90 Å². The minimum Gasteiger partial charge on any atom is -0.481 e. The fourth-order valence-corrected chi connectivity index (χ4v) is 1.79. The molecule has 0 spiro atoms. The van der Waals surface area contributed by atoms with E-state index in [4.69, 9.17) is 11.5 Å². The van der Waals surface area contributed by atoms with E-state index in [9.17, 15) is 4.79 Å². The lowest BCUT2D eigenvalue weighted by molar-refractivity contribution is -0.136. The SMILES string of the molecule is C#CCN(CCC(=O)O)c1ccc(C)cc1C. The summed E-state index contributed by atoms with van der Waals surface area (Å²) in [6, 6.07) is 6.07. The Bertz CT molecular complexity index is 446. The molecule has 1 rings (SSSR count). The smallest absolute Gasteiger partial charge is 0.305 e. The number of aryl methyl sites for hydroxylation is 2. The van der Waals surface area contributed by atoms with Crippen molar-refractivity contribution in [3.05, 3.63) is 29.3 Å². The molecule has 0 atom stereocenters. The molecule has 0 aliphatic rings. The average Bonchev–Trinajstić information content (AvgIpc) is 2.24. The van der Waals surface area contributed by atoms with E-state index in [1.807, 2.05) is 30.9 Å². The molecule has 1 aromatic rings. The van der Waals surface area contributed by atoms with E-state index in [0.29, 0.717) is 13.1 Å². The summed E-state index contributed by atoms with van der Waals surface area (Å²) in [5.74, 6) is 1.76. The van der Waals surface area contributed by atoms with Crippen molar-refractivity contribution in [3.63, 3.8) is 0 Å². The van der Waals surface area contributed by atoms with Gasteiger partial charge in [-0.3, -0.25) is 4.79 Å². The molecule has 3 nitrogen and oxygen atoms in total. The number of nitrogens with zero attached hydrogens (tertiary/aromatic N) is 1. The second kappa shape index (κ2) is 5.95. The number of carbonyl (C=O) groups is 1. The number of hydrogen-bond acceptors (Lipinski definition) is 2. The first-order valence-electron chi connectivity index (χ1n) is 5.52. The summed E-state index contributed by atoms with van der Waals surface area (Å²) in [6.45, 7) is 4.90. The third kappa shape index (κ3) is 3.84. The van der Waals surface area contributed by atoms with Gasteiger partial charge < -0.3 is 10.0 Å². The summed E-state index contributed by atoms with van der Waals surface area (Å²) >= 11 is 0. The number of carboxylic acids is 1. The summed E-state index contributed by atoms with van der Waals surface area (Å²) in [4.78, 5) is 12.5. The maximum atomic E-state index is 10.6. The van der Waals surface area contributed by atoms with Crippen LogP contribution in [-0.4, -0.2) is 24.2 Å². The fraction of sp³-hybridized carbons (Fsp3) is 0.357. The Morgan fingerprint density at radius 3 is 2.71 bits per heavy atom. The van der Waals surface area contributed by atoms with Crippen molar-refractivity contribution in [1.82, 2.24) is 0 Å². The summed E-state index contributed by atoms with van der Waals surface area (Å²) in [6.07, 6.45) is 5.41. The number of hydrogen-bond donors (Lipinski definition) is 1. The molecular formula is C14H17NO2. The van der Waals surface area contributed by atoms with Gasteiger partial charge in [-0.2, -0.15) is 0 Å². The van der Waals surface area contributed by atoms with E-state index >= 15 is 0 Å². The summed E-state index contributed by atoms with van der Waals surface area (Å²) < 4.78 is 0. The Hall–Kier alpha value is -1.95. The minimum atomic E-state index is -0.809. The van der Waals surface area contributed by atoms with Crippen LogP contribution in [0, 0.1) is 26.2 Å². The van der Waals surface area contributed by atoms with Crippen molar-refractivity contribution in [2.75, 3.05) is 18.0 Å². The maximum absolute atomic E-state index is 10.6. The van der Waals surface area contributed by atoms with Crippen LogP contribution in [0.1, 0.15) is 17.5 Å². The van der Waals surface area contributed by atoms with Crippen LogP contribution in [0.25, 0.3) is 0 Å². The van der Waals surface area contributed by atoms with Gasteiger partial charge in [-0.15, -0.1) is 6.42 Å². The predicted octanol–water partition coefficient (Wildman–Crippen LogP) is 2.22. The van der Waals surface area contributed by atoms with Gasteiger partial charge in [0.05, 0.1) is 13.0 Å². The zero-order valence-corrected chi connectivity index (χ0v) is 10.2. The molecule has 1 N–H and O–H groups in total. The highest BCUT2D eigenvalue weighted by atomic mass is 16.4. The van der Waals surface area contributed by atoms with Crippen molar-refractivity contribution in [2.24, 2.45) is 0 Å². The van der Waals surface area contributed by atoms with Crippen molar-refractivity contribution in [2.45, 2.75) is 20.3 Å². The lowest BCUT2D eigenvalue weighted by atomic mass is 10.1. The minimum absolute atomic E-state index is 0.0923. The van der Waals surface area contributed by atoms with E-state index in [2.05, 4.69) is 12.0 Å². The first kappa shape index (κ1) is 13.1. The van der Waals surface area contributed by atoms with Crippen LogP contribution in [-0.2, 0) is 4.79 Å². The summed E-state index contributed by atoms with van der Waals surface area (Å²) in [5.41, 5.74) is 3.31. The third-order valence-electron chi connectivity index (χ3n) is 2.57. The number of anilines is 1. The quantitative estimate of drug-likeness (QED) is 0.790. The van der Waals surface area contributed by atoms with Crippen LogP contribution in [0.5, 0.6) is 0 Å². The summed E-state index contributed by atoms with van der Waals surface area (Å²) in [7, 11) is 0. The predicted molar refractivity (Wildman–Crippen MR) is 69.2 cm³/mol. The lowest BCUT2D eigenvalue weighted by Crippen LogP contribution is -2.27. The number of terminal acetylenes is 1. The Balaban J connectivity index is 2.89. The van der Waals surface area contributed by atoms with Gasteiger partial charge in [0.2, 0.25) is 0 Å². The van der Waals surface area contributed by atoms with Gasteiger partial charge in [-0.25, -0.2) is 0 Å². The molecule has 0 saturated carbocycles. The Kier molecular flexibility index (Phi) is 4.59. The molecule has 0 bridgehead atoms. The molecule has 0 aromatic heterocycles. The third-order valence-corrected chi connectivity index (χ3v) is 2.57. The van der Waals surface area contributed by atoms with E-state index in [-0.39, 0.29) is 6.42 Å². The molecule has 0 heterocycles. The maximum Gasteiger partial charge on any atom is 0.305 e. The molecule has 1 aromatic carbocycles. The molecular weight excluding hydrogens is 214 g/mol. The largest absolute Gasteiger partial charge is 0.481 e. The molecule has 3 heteroatoms. The number of rotatable bonds is 5. The molecule has 0 fully saturated rings. The van der Waals surface area contributed by atoms with Gasteiger partial charge in [0.25, 0.3) is 0 Å². The van der Waals surface area contributed by atoms with Gasteiger partial charge in [-0.1, -0.05) is 23.6 Å². The molecule has 0 unspecified atom stereocenters. The Morgan fingerprint density at radius 2 is 2.18 bits per heavy atom. The molecule has 0 saturated heterocycles. The van der Waals surface area contributed by atoms with Crippen LogP contribution >= 0.6 is 0 Å². The Labute approximate surface area is 102 Å². The first-order chi connectivity index (χ1) is 8.04. The second-order valence-corrected chi connectivity index (χ2v) is 4.06. The van der Waals surface area contributed by atoms with E-state index < -0.39 is 5.97 Å². The highest BCUT2D eigenvalue weighted by Gasteiger charge is 2.09. The molecule has 90 valence electrons. The lowest BCUT2D eigenvalue weighted by Gasteiger charge is -2.23. The van der Waals surface area contributed by atoms with Gasteiger partial charge in [-0.05, 0) is 25.5 Å². The van der Waals surface area contributed by atoms with Crippen molar-refractivity contribution < 1.29 is 9.90 Å². The fourth-order valence-electron chi connectivity index (χ4n) is 1.79.